The lowest BCUT2D eigenvalue weighted by atomic mass is 9.99. The molecule has 0 saturated heterocycles. The number of carbonyl (C=O) groups is 2. The Kier molecular flexibility index (Phi) is 8.90. The Bertz CT molecular complexity index is 191. The van der Waals surface area contributed by atoms with E-state index in [1.54, 1.807) is 14.1 Å². The Morgan fingerprint density at radius 3 is 2.07 bits per heavy atom. The molecular formula is C9H19NO5. The molecular weight excluding hydrogens is 202 g/mol. The highest BCUT2D eigenvalue weighted by Gasteiger charge is 2.22. The number of hydrogen-bond donors (Lipinski definition) is 3. The fourth-order valence-electron chi connectivity index (χ4n) is 0.655. The largest absolute Gasteiger partial charge is 0.481 e. The molecule has 1 atom stereocenters. The van der Waals surface area contributed by atoms with Gasteiger partial charge in [-0.05, 0) is 13.3 Å². The lowest BCUT2D eigenvalue weighted by molar-refractivity contribution is -0.142. The van der Waals surface area contributed by atoms with E-state index in [2.05, 4.69) is 0 Å². The van der Waals surface area contributed by atoms with Crippen LogP contribution in [0.5, 0.6) is 0 Å². The molecule has 1 amide bonds. The molecule has 1 unspecified atom stereocenters. The summed E-state index contributed by atoms with van der Waals surface area (Å²) in [7, 11) is 3.38. The molecule has 6 heteroatoms. The van der Waals surface area contributed by atoms with Crippen LogP contribution in [0.15, 0.2) is 0 Å². The fraction of sp³-hybridized carbons (Fsp3) is 0.778. The van der Waals surface area contributed by atoms with Gasteiger partial charge in [0.15, 0.2) is 0 Å². The third kappa shape index (κ3) is 15.6. The van der Waals surface area contributed by atoms with Crippen molar-refractivity contribution in [1.29, 1.82) is 0 Å². The highest BCUT2D eigenvalue weighted by Crippen LogP contribution is 2.12. The van der Waals surface area contributed by atoms with E-state index in [4.69, 9.17) is 15.3 Å². The Balaban J connectivity index is 0. The molecule has 0 aliphatic heterocycles. The van der Waals surface area contributed by atoms with Crippen molar-refractivity contribution in [2.24, 2.45) is 0 Å². The van der Waals surface area contributed by atoms with Crippen molar-refractivity contribution >= 4 is 12.4 Å². The zero-order chi connectivity index (χ0) is 12.5. The molecule has 0 bridgehead atoms. The number of rotatable bonds is 5. The smallest absolute Gasteiger partial charge is 0.306 e. The summed E-state index contributed by atoms with van der Waals surface area (Å²) >= 11 is 0. The maximum Gasteiger partial charge on any atom is 0.306 e. The quantitative estimate of drug-likeness (QED) is 0.533. The molecule has 0 aliphatic rings. The van der Waals surface area contributed by atoms with Crippen molar-refractivity contribution in [3.8, 4) is 0 Å². The summed E-state index contributed by atoms with van der Waals surface area (Å²) in [6, 6.07) is 0. The van der Waals surface area contributed by atoms with Gasteiger partial charge in [0.25, 0.3) is 0 Å². The van der Waals surface area contributed by atoms with Gasteiger partial charge in [-0.2, -0.15) is 0 Å². The third-order valence-corrected chi connectivity index (χ3v) is 1.39. The van der Waals surface area contributed by atoms with E-state index < -0.39 is 11.6 Å². The van der Waals surface area contributed by atoms with Crippen LogP contribution in [-0.4, -0.2) is 58.9 Å². The van der Waals surface area contributed by atoms with E-state index in [1.165, 1.54) is 11.8 Å². The van der Waals surface area contributed by atoms with Crippen molar-refractivity contribution in [2.45, 2.75) is 25.4 Å². The first-order valence-electron chi connectivity index (χ1n) is 4.42. The Morgan fingerprint density at radius 2 is 1.87 bits per heavy atom. The highest BCUT2D eigenvalue weighted by atomic mass is 16.4. The van der Waals surface area contributed by atoms with Gasteiger partial charge in [-0.3, -0.25) is 9.59 Å². The number of aliphatic carboxylic acids is 1. The molecule has 3 N–H and O–H groups in total. The van der Waals surface area contributed by atoms with Gasteiger partial charge in [0.1, 0.15) is 0 Å². The summed E-state index contributed by atoms with van der Waals surface area (Å²) < 4.78 is 0. The molecule has 0 spiro atoms. The molecule has 0 aliphatic carbocycles. The molecule has 0 rings (SSSR count). The molecule has 0 fully saturated rings. The van der Waals surface area contributed by atoms with Gasteiger partial charge in [0.2, 0.25) is 6.41 Å². The lowest BCUT2D eigenvalue weighted by Gasteiger charge is -2.18. The van der Waals surface area contributed by atoms with Crippen molar-refractivity contribution in [3.05, 3.63) is 0 Å². The fourth-order valence-corrected chi connectivity index (χ4v) is 0.655. The van der Waals surface area contributed by atoms with Gasteiger partial charge >= 0.3 is 5.97 Å². The molecule has 0 aromatic carbocycles. The van der Waals surface area contributed by atoms with Crippen molar-refractivity contribution in [2.75, 3.05) is 20.7 Å². The predicted molar refractivity (Wildman–Crippen MR) is 54.3 cm³/mol. The Hall–Kier alpha value is -1.14. The summed E-state index contributed by atoms with van der Waals surface area (Å²) in [5.74, 6) is -1.06. The van der Waals surface area contributed by atoms with E-state index in [-0.39, 0.29) is 19.4 Å². The maximum absolute atomic E-state index is 10.0. The zero-order valence-corrected chi connectivity index (χ0v) is 9.30. The second kappa shape index (κ2) is 8.19. The second-order valence-electron chi connectivity index (χ2n) is 3.61. The standard InChI is InChI=1S/C6H12O4.C3H7NO/c1-6(10,2-3-7)4-5(8)9;1-4(2)3-5/h7,10H,2-4H2,1H3,(H,8,9);3H,1-2H3. The Labute approximate surface area is 89.1 Å². The number of aliphatic hydroxyl groups is 2. The number of carbonyl (C=O) groups excluding carboxylic acids is 1. The van der Waals surface area contributed by atoms with Crippen LogP contribution in [0.1, 0.15) is 19.8 Å². The van der Waals surface area contributed by atoms with Crippen LogP contribution < -0.4 is 0 Å². The van der Waals surface area contributed by atoms with Crippen LogP contribution in [0.4, 0.5) is 0 Å². The van der Waals surface area contributed by atoms with Crippen molar-refractivity contribution in [1.82, 2.24) is 4.90 Å². The van der Waals surface area contributed by atoms with E-state index in [0.29, 0.717) is 0 Å². The van der Waals surface area contributed by atoms with E-state index >= 15 is 0 Å². The van der Waals surface area contributed by atoms with E-state index in [1.807, 2.05) is 0 Å². The topological polar surface area (TPSA) is 98.1 Å². The first-order valence-corrected chi connectivity index (χ1v) is 4.42. The SMILES string of the molecule is CC(O)(CCO)CC(=O)O.CN(C)C=O. The number of carboxylic acids is 1. The van der Waals surface area contributed by atoms with E-state index in [9.17, 15) is 9.59 Å². The summed E-state index contributed by atoms with van der Waals surface area (Å²) in [6.45, 7) is 1.19. The average molecular weight is 221 g/mol. The van der Waals surface area contributed by atoms with Gasteiger partial charge in [0.05, 0.1) is 12.0 Å². The van der Waals surface area contributed by atoms with E-state index in [0.717, 1.165) is 6.41 Å². The van der Waals surface area contributed by atoms with Crippen LogP contribution in [0.3, 0.4) is 0 Å². The van der Waals surface area contributed by atoms with Gasteiger partial charge in [-0.1, -0.05) is 0 Å². The van der Waals surface area contributed by atoms with Gasteiger partial charge in [0, 0.05) is 20.7 Å². The summed E-state index contributed by atoms with van der Waals surface area (Å²) in [5.41, 5.74) is -1.28. The second-order valence-corrected chi connectivity index (χ2v) is 3.61. The minimum absolute atomic E-state index is 0.0965. The molecule has 0 heterocycles. The summed E-state index contributed by atoms with van der Waals surface area (Å²) in [5, 5.41) is 25.7. The minimum Gasteiger partial charge on any atom is -0.481 e. The first-order chi connectivity index (χ1) is 6.75. The number of carboxylic acid groups (broad SMARTS) is 1. The molecule has 0 radical (unpaired) electrons. The molecule has 6 nitrogen and oxygen atoms in total. The zero-order valence-electron chi connectivity index (χ0n) is 9.30. The summed E-state index contributed by atoms with van der Waals surface area (Å²) in [4.78, 5) is 20.9. The number of amides is 1. The van der Waals surface area contributed by atoms with Crippen LogP contribution in [-0.2, 0) is 9.59 Å². The number of hydrogen-bond acceptors (Lipinski definition) is 4. The van der Waals surface area contributed by atoms with Gasteiger partial charge < -0.3 is 20.2 Å². The minimum atomic E-state index is -1.28. The van der Waals surface area contributed by atoms with Gasteiger partial charge in [-0.15, -0.1) is 0 Å². The van der Waals surface area contributed by atoms with Crippen LogP contribution in [0.2, 0.25) is 0 Å². The molecule has 0 saturated carbocycles. The van der Waals surface area contributed by atoms with Crippen molar-refractivity contribution < 1.29 is 24.9 Å². The maximum atomic E-state index is 10.0. The predicted octanol–water partition coefficient (Wildman–Crippen LogP) is -0.701. The van der Waals surface area contributed by atoms with Crippen LogP contribution in [0, 0.1) is 0 Å². The van der Waals surface area contributed by atoms with Gasteiger partial charge in [-0.25, -0.2) is 0 Å². The molecule has 90 valence electrons. The normalized spacial score (nSPS) is 13.1. The van der Waals surface area contributed by atoms with Crippen molar-refractivity contribution in [3.63, 3.8) is 0 Å². The van der Waals surface area contributed by atoms with Crippen LogP contribution >= 0.6 is 0 Å². The van der Waals surface area contributed by atoms with Crippen LogP contribution in [0.25, 0.3) is 0 Å². The molecule has 15 heavy (non-hydrogen) atoms. The average Bonchev–Trinajstić information content (AvgIpc) is 2.02. The first kappa shape index (κ1) is 16.3. The third-order valence-electron chi connectivity index (χ3n) is 1.39. The lowest BCUT2D eigenvalue weighted by Crippen LogP contribution is -2.28. The number of aliphatic hydroxyl groups excluding tert-OH is 1. The molecule has 0 aromatic heterocycles. The molecule has 0 aromatic rings. The monoisotopic (exact) mass is 221 g/mol. The highest BCUT2D eigenvalue weighted by molar-refractivity contribution is 5.67. The summed E-state index contributed by atoms with van der Waals surface area (Å²) in [6.07, 6.45) is 0.521. The Morgan fingerprint density at radius 1 is 1.47 bits per heavy atom. The number of nitrogens with zero attached hydrogens (tertiary/aromatic N) is 1.